The zero-order chi connectivity index (χ0) is 19.7. The molecule has 0 bridgehead atoms. The monoisotopic (exact) mass is 378 g/mol. The van der Waals surface area contributed by atoms with Gasteiger partial charge in [-0.1, -0.05) is 5.16 Å². The number of rotatable bonds is 5. The van der Waals surface area contributed by atoms with Crippen LogP contribution in [-0.4, -0.2) is 37.5 Å². The molecule has 0 spiro atoms. The van der Waals surface area contributed by atoms with Gasteiger partial charge in [0.2, 0.25) is 11.7 Å². The Morgan fingerprint density at radius 3 is 2.86 bits per heavy atom. The molecule has 4 rings (SSSR count). The Kier molecular flexibility index (Phi) is 4.58. The molecule has 28 heavy (non-hydrogen) atoms. The van der Waals surface area contributed by atoms with E-state index < -0.39 is 0 Å². The van der Waals surface area contributed by atoms with Crippen LogP contribution in [-0.2, 0) is 11.3 Å². The minimum atomic E-state index is -0.293. The van der Waals surface area contributed by atoms with E-state index >= 15 is 0 Å². The molecule has 0 radical (unpaired) electrons. The summed E-state index contributed by atoms with van der Waals surface area (Å²) in [6, 6.07) is 5.54. The second kappa shape index (κ2) is 7.20. The lowest BCUT2D eigenvalue weighted by Gasteiger charge is -2.09. The molecular weight excluding hydrogens is 360 g/mol. The molecule has 0 saturated carbocycles. The van der Waals surface area contributed by atoms with Crippen molar-refractivity contribution >= 4 is 17.2 Å². The normalized spacial score (nSPS) is 11.1. The van der Waals surface area contributed by atoms with E-state index in [0.29, 0.717) is 46.6 Å². The second-order valence-corrected chi connectivity index (χ2v) is 6.29. The number of hydrogen-bond donors (Lipinski definition) is 1. The van der Waals surface area contributed by atoms with Crippen LogP contribution in [0.3, 0.4) is 0 Å². The molecule has 0 aliphatic rings. The summed E-state index contributed by atoms with van der Waals surface area (Å²) in [5.74, 6) is 0.582. The maximum absolute atomic E-state index is 12.8. The first-order valence-corrected chi connectivity index (χ1v) is 8.59. The van der Waals surface area contributed by atoms with E-state index in [2.05, 4.69) is 25.4 Å². The van der Waals surface area contributed by atoms with E-state index in [0.717, 1.165) is 5.56 Å². The number of anilines is 1. The van der Waals surface area contributed by atoms with Gasteiger partial charge in [-0.3, -0.25) is 14.2 Å². The van der Waals surface area contributed by atoms with Crippen molar-refractivity contribution in [3.63, 3.8) is 0 Å². The molecule has 4 aromatic rings. The summed E-state index contributed by atoms with van der Waals surface area (Å²) in [5, 5.41) is 6.78. The average Bonchev–Trinajstić information content (AvgIpc) is 3.30. The average molecular weight is 378 g/mol. The van der Waals surface area contributed by atoms with Gasteiger partial charge in [-0.25, -0.2) is 4.98 Å². The Morgan fingerprint density at radius 1 is 1.25 bits per heavy atom. The lowest BCUT2D eigenvalue weighted by atomic mass is 10.2. The number of ether oxygens (including phenoxy) is 1. The van der Waals surface area contributed by atoms with Crippen molar-refractivity contribution in [2.45, 2.75) is 20.5 Å². The molecule has 0 atom stereocenters. The molecule has 0 aliphatic heterocycles. The molecule has 0 unspecified atom stereocenters. The SMILES string of the molecule is COCc1ccn2c(C(=O)Nc3cc(-c4noc(C)n4)cnc3C)cnc2c1. The van der Waals surface area contributed by atoms with Gasteiger partial charge < -0.3 is 14.6 Å². The van der Waals surface area contributed by atoms with Crippen LogP contribution >= 0.6 is 0 Å². The van der Waals surface area contributed by atoms with Crippen LogP contribution in [0.2, 0.25) is 0 Å². The molecule has 0 aromatic carbocycles. The zero-order valence-electron chi connectivity index (χ0n) is 15.6. The Morgan fingerprint density at radius 2 is 2.11 bits per heavy atom. The molecule has 4 heterocycles. The fourth-order valence-electron chi connectivity index (χ4n) is 2.83. The Bertz CT molecular complexity index is 1160. The highest BCUT2D eigenvalue weighted by atomic mass is 16.5. The first-order valence-electron chi connectivity index (χ1n) is 8.59. The largest absolute Gasteiger partial charge is 0.380 e. The highest BCUT2D eigenvalue weighted by molar-refractivity contribution is 6.04. The lowest BCUT2D eigenvalue weighted by Crippen LogP contribution is -2.15. The maximum Gasteiger partial charge on any atom is 0.274 e. The van der Waals surface area contributed by atoms with Gasteiger partial charge in [-0.05, 0) is 30.7 Å². The predicted octanol–water partition coefficient (Wildman–Crippen LogP) is 2.79. The van der Waals surface area contributed by atoms with Crippen LogP contribution in [0.1, 0.15) is 27.6 Å². The van der Waals surface area contributed by atoms with Crippen molar-refractivity contribution in [2.24, 2.45) is 0 Å². The van der Waals surface area contributed by atoms with Gasteiger partial charge in [0.15, 0.2) is 0 Å². The Hall–Kier alpha value is -3.59. The number of nitrogens with one attached hydrogen (secondary N) is 1. The van der Waals surface area contributed by atoms with Gasteiger partial charge in [0.25, 0.3) is 5.91 Å². The van der Waals surface area contributed by atoms with Crippen molar-refractivity contribution in [1.82, 2.24) is 24.5 Å². The first kappa shape index (κ1) is 17.8. The van der Waals surface area contributed by atoms with Gasteiger partial charge >= 0.3 is 0 Å². The first-order chi connectivity index (χ1) is 13.5. The maximum atomic E-state index is 12.8. The summed E-state index contributed by atoms with van der Waals surface area (Å²) in [7, 11) is 1.63. The fraction of sp³-hybridized carbons (Fsp3) is 0.211. The van der Waals surface area contributed by atoms with Crippen LogP contribution in [0.4, 0.5) is 5.69 Å². The van der Waals surface area contributed by atoms with Crippen molar-refractivity contribution in [2.75, 3.05) is 12.4 Å². The number of fused-ring (bicyclic) bond motifs is 1. The van der Waals surface area contributed by atoms with Gasteiger partial charge in [-0.15, -0.1) is 0 Å². The van der Waals surface area contributed by atoms with E-state index in [-0.39, 0.29) is 5.91 Å². The van der Waals surface area contributed by atoms with Crippen LogP contribution in [0.25, 0.3) is 17.0 Å². The number of amides is 1. The van der Waals surface area contributed by atoms with Crippen LogP contribution in [0.15, 0.2) is 41.3 Å². The van der Waals surface area contributed by atoms with Gasteiger partial charge in [0, 0.05) is 32.0 Å². The number of carbonyl (C=O) groups is 1. The van der Waals surface area contributed by atoms with E-state index in [9.17, 15) is 4.79 Å². The molecule has 142 valence electrons. The van der Waals surface area contributed by atoms with E-state index in [1.54, 1.807) is 36.9 Å². The van der Waals surface area contributed by atoms with Crippen molar-refractivity contribution in [3.05, 3.63) is 59.6 Å². The number of imidazole rings is 1. The third-order valence-electron chi connectivity index (χ3n) is 4.24. The van der Waals surface area contributed by atoms with Crippen LogP contribution in [0.5, 0.6) is 0 Å². The summed E-state index contributed by atoms with van der Waals surface area (Å²) in [4.78, 5) is 25.7. The molecule has 1 amide bonds. The zero-order valence-corrected chi connectivity index (χ0v) is 15.6. The molecule has 0 aliphatic carbocycles. The lowest BCUT2D eigenvalue weighted by molar-refractivity contribution is 0.102. The van der Waals surface area contributed by atoms with Crippen molar-refractivity contribution < 1.29 is 14.1 Å². The van der Waals surface area contributed by atoms with E-state index in [4.69, 9.17) is 9.26 Å². The Labute approximate surface area is 160 Å². The van der Waals surface area contributed by atoms with Crippen LogP contribution < -0.4 is 5.32 Å². The number of hydrogen-bond acceptors (Lipinski definition) is 7. The van der Waals surface area contributed by atoms with E-state index in [1.165, 1.54) is 6.20 Å². The molecule has 9 nitrogen and oxygen atoms in total. The summed E-state index contributed by atoms with van der Waals surface area (Å²) < 4.78 is 11.9. The smallest absolute Gasteiger partial charge is 0.274 e. The summed E-state index contributed by atoms with van der Waals surface area (Å²) in [6.45, 7) is 4.01. The third-order valence-corrected chi connectivity index (χ3v) is 4.24. The molecular formula is C19H18N6O3. The van der Waals surface area contributed by atoms with Gasteiger partial charge in [0.05, 0.1) is 24.2 Å². The van der Waals surface area contributed by atoms with Crippen LogP contribution in [0, 0.1) is 13.8 Å². The van der Waals surface area contributed by atoms with Gasteiger partial charge in [-0.2, -0.15) is 4.98 Å². The minimum Gasteiger partial charge on any atom is -0.380 e. The number of methoxy groups -OCH3 is 1. The number of aryl methyl sites for hydroxylation is 2. The number of nitrogens with zero attached hydrogens (tertiary/aromatic N) is 5. The topological polar surface area (TPSA) is 107 Å². The highest BCUT2D eigenvalue weighted by Gasteiger charge is 2.16. The number of pyridine rings is 2. The second-order valence-electron chi connectivity index (χ2n) is 6.29. The standard InChI is InChI=1S/C19H18N6O3/c1-11-15(7-14(8-20-11)18-22-12(2)28-24-18)23-19(26)16-9-21-17-6-13(10-27-3)4-5-25(16)17/h4-9H,10H2,1-3H3,(H,23,26). The van der Waals surface area contributed by atoms with Crippen molar-refractivity contribution in [1.29, 1.82) is 0 Å². The van der Waals surface area contributed by atoms with Gasteiger partial charge in [0.1, 0.15) is 11.3 Å². The number of aromatic nitrogens is 5. The number of carbonyl (C=O) groups excluding carboxylic acids is 1. The van der Waals surface area contributed by atoms with E-state index in [1.807, 2.05) is 19.1 Å². The third kappa shape index (κ3) is 3.35. The fourth-order valence-corrected chi connectivity index (χ4v) is 2.83. The summed E-state index contributed by atoms with van der Waals surface area (Å²) >= 11 is 0. The molecule has 9 heteroatoms. The summed E-state index contributed by atoms with van der Waals surface area (Å²) in [6.07, 6.45) is 4.98. The summed E-state index contributed by atoms with van der Waals surface area (Å²) in [5.41, 5.74) is 3.96. The molecule has 1 N–H and O–H groups in total. The molecule has 4 aromatic heterocycles. The Balaban J connectivity index is 1.62. The quantitative estimate of drug-likeness (QED) is 0.569. The predicted molar refractivity (Wildman–Crippen MR) is 101 cm³/mol. The molecule has 0 fully saturated rings. The van der Waals surface area contributed by atoms with Crippen molar-refractivity contribution in [3.8, 4) is 11.4 Å². The highest BCUT2D eigenvalue weighted by Crippen LogP contribution is 2.22. The minimum absolute atomic E-state index is 0.293. The molecule has 0 saturated heterocycles.